The number of nitriles is 1. The first-order valence-electron chi connectivity index (χ1n) is 6.14. The molecule has 0 atom stereocenters. The van der Waals surface area contributed by atoms with Gasteiger partial charge in [0, 0.05) is 11.1 Å². The van der Waals surface area contributed by atoms with Crippen molar-refractivity contribution in [3.8, 4) is 6.07 Å². The van der Waals surface area contributed by atoms with Crippen LogP contribution < -0.4 is 5.56 Å². The number of aryl methyl sites for hydroxylation is 2. The highest BCUT2D eigenvalue weighted by atomic mass is 32.1. The van der Waals surface area contributed by atoms with Gasteiger partial charge in [-0.25, -0.2) is 4.98 Å². The normalized spacial score (nSPS) is 10.8. The van der Waals surface area contributed by atoms with Gasteiger partial charge >= 0.3 is 0 Å². The zero-order valence-electron chi connectivity index (χ0n) is 11.1. The maximum atomic E-state index is 12.2. The molecular weight excluding hydrogens is 272 g/mol. The van der Waals surface area contributed by atoms with Crippen LogP contribution in [0.5, 0.6) is 0 Å². The minimum absolute atomic E-state index is 0.113. The van der Waals surface area contributed by atoms with Crippen LogP contribution in [0.25, 0.3) is 10.2 Å². The molecule has 0 unspecified atom stereocenters. The molecular formula is C14H12N4OS. The number of H-pyrrole nitrogens is 1. The molecule has 3 heterocycles. The first-order valence-corrected chi connectivity index (χ1v) is 6.96. The Hall–Kier alpha value is -2.39. The topological polar surface area (TPSA) is 74.5 Å². The first kappa shape index (κ1) is 12.6. The summed E-state index contributed by atoms with van der Waals surface area (Å²) in [5.41, 5.74) is 1.42. The van der Waals surface area contributed by atoms with Gasteiger partial charge in [0.2, 0.25) is 0 Å². The summed E-state index contributed by atoms with van der Waals surface area (Å²) in [5.74, 6) is 0.566. The number of aromatic nitrogens is 3. The average molecular weight is 284 g/mol. The molecule has 100 valence electrons. The van der Waals surface area contributed by atoms with Crippen LogP contribution >= 0.6 is 11.3 Å². The van der Waals surface area contributed by atoms with Gasteiger partial charge in [-0.05, 0) is 31.5 Å². The monoisotopic (exact) mass is 284 g/mol. The van der Waals surface area contributed by atoms with Crippen LogP contribution in [0.2, 0.25) is 0 Å². The third-order valence-electron chi connectivity index (χ3n) is 3.35. The number of nitrogens with zero attached hydrogens (tertiary/aromatic N) is 3. The average Bonchev–Trinajstić information content (AvgIpc) is 2.95. The zero-order chi connectivity index (χ0) is 14.3. The van der Waals surface area contributed by atoms with Crippen molar-refractivity contribution in [3.05, 3.63) is 50.6 Å². The van der Waals surface area contributed by atoms with Crippen LogP contribution in [0, 0.1) is 25.2 Å². The van der Waals surface area contributed by atoms with Gasteiger partial charge in [0.15, 0.2) is 0 Å². The quantitative estimate of drug-likeness (QED) is 0.784. The molecule has 20 heavy (non-hydrogen) atoms. The smallest absolute Gasteiger partial charge is 0.259 e. The number of rotatable bonds is 2. The van der Waals surface area contributed by atoms with E-state index < -0.39 is 0 Å². The number of nitrogens with one attached hydrogen (secondary N) is 1. The SMILES string of the molecule is Cc1sc2nc(Cn3cccc3C#N)[nH]c(=O)c2c1C. The number of thiophene rings is 1. The van der Waals surface area contributed by atoms with Crippen molar-refractivity contribution in [1.29, 1.82) is 5.26 Å². The van der Waals surface area contributed by atoms with E-state index in [1.807, 2.05) is 13.8 Å². The molecule has 0 amide bonds. The van der Waals surface area contributed by atoms with Crippen molar-refractivity contribution in [2.75, 3.05) is 0 Å². The lowest BCUT2D eigenvalue weighted by atomic mass is 10.2. The molecule has 3 aromatic heterocycles. The Balaban J connectivity index is 2.10. The molecule has 0 radical (unpaired) electrons. The predicted molar refractivity (Wildman–Crippen MR) is 78.0 cm³/mol. The fraction of sp³-hybridized carbons (Fsp3) is 0.214. The highest BCUT2D eigenvalue weighted by molar-refractivity contribution is 7.18. The molecule has 0 saturated heterocycles. The number of hydrogen-bond donors (Lipinski definition) is 1. The minimum Gasteiger partial charge on any atom is -0.332 e. The molecule has 0 aromatic carbocycles. The van der Waals surface area contributed by atoms with Gasteiger partial charge in [-0.15, -0.1) is 11.3 Å². The summed E-state index contributed by atoms with van der Waals surface area (Å²) in [4.78, 5) is 21.3. The van der Waals surface area contributed by atoms with Gasteiger partial charge in [0.25, 0.3) is 5.56 Å². The summed E-state index contributed by atoms with van der Waals surface area (Å²) in [7, 11) is 0. The lowest BCUT2D eigenvalue weighted by molar-refractivity contribution is 0.742. The Morgan fingerprint density at radius 3 is 3.05 bits per heavy atom. The number of aromatic amines is 1. The highest BCUT2D eigenvalue weighted by Crippen LogP contribution is 2.25. The second-order valence-corrected chi connectivity index (χ2v) is 5.81. The van der Waals surface area contributed by atoms with E-state index >= 15 is 0 Å². The van der Waals surface area contributed by atoms with E-state index in [9.17, 15) is 4.79 Å². The molecule has 0 fully saturated rings. The fourth-order valence-corrected chi connectivity index (χ4v) is 3.24. The van der Waals surface area contributed by atoms with Gasteiger partial charge in [0.1, 0.15) is 22.4 Å². The predicted octanol–water partition coefficient (Wildman–Crippen LogP) is 2.32. The van der Waals surface area contributed by atoms with Gasteiger partial charge < -0.3 is 9.55 Å². The molecule has 5 nitrogen and oxygen atoms in total. The van der Waals surface area contributed by atoms with Crippen LogP contribution in [0.1, 0.15) is 22.0 Å². The minimum atomic E-state index is -0.113. The van der Waals surface area contributed by atoms with Gasteiger partial charge in [-0.1, -0.05) is 0 Å². The van der Waals surface area contributed by atoms with Gasteiger partial charge in [-0.3, -0.25) is 4.79 Å². The molecule has 0 saturated carbocycles. The van der Waals surface area contributed by atoms with E-state index in [0.717, 1.165) is 15.3 Å². The van der Waals surface area contributed by atoms with Crippen LogP contribution in [0.15, 0.2) is 23.1 Å². The van der Waals surface area contributed by atoms with Crippen LogP contribution in [-0.4, -0.2) is 14.5 Å². The van der Waals surface area contributed by atoms with Crippen molar-refractivity contribution in [2.45, 2.75) is 20.4 Å². The molecule has 6 heteroatoms. The molecule has 0 spiro atoms. The summed E-state index contributed by atoms with van der Waals surface area (Å²) >= 11 is 1.52. The Kier molecular flexibility index (Phi) is 2.92. The Morgan fingerprint density at radius 1 is 1.50 bits per heavy atom. The third kappa shape index (κ3) is 1.92. The van der Waals surface area contributed by atoms with E-state index in [4.69, 9.17) is 5.26 Å². The lowest BCUT2D eigenvalue weighted by Crippen LogP contribution is -2.14. The lowest BCUT2D eigenvalue weighted by Gasteiger charge is -2.04. The largest absolute Gasteiger partial charge is 0.332 e. The first-order chi connectivity index (χ1) is 9.60. The Bertz CT molecular complexity index is 894. The maximum Gasteiger partial charge on any atom is 0.259 e. The fourth-order valence-electron chi connectivity index (χ4n) is 2.19. The van der Waals surface area contributed by atoms with Crippen molar-refractivity contribution >= 4 is 21.6 Å². The summed E-state index contributed by atoms with van der Waals surface area (Å²) in [5, 5.41) is 9.66. The Morgan fingerprint density at radius 2 is 2.30 bits per heavy atom. The maximum absolute atomic E-state index is 12.2. The van der Waals surface area contributed by atoms with Crippen LogP contribution in [0.3, 0.4) is 0 Å². The van der Waals surface area contributed by atoms with Crippen molar-refractivity contribution < 1.29 is 0 Å². The standard InChI is InChI=1S/C14H12N4OS/c1-8-9(2)20-14-12(8)13(19)16-11(17-14)7-18-5-3-4-10(18)6-15/h3-5H,7H2,1-2H3,(H,16,17,19). The summed E-state index contributed by atoms with van der Waals surface area (Å²) in [6, 6.07) is 5.64. The van der Waals surface area contributed by atoms with Crippen LogP contribution in [-0.2, 0) is 6.54 Å². The van der Waals surface area contributed by atoms with Crippen molar-refractivity contribution in [3.63, 3.8) is 0 Å². The van der Waals surface area contributed by atoms with Gasteiger partial charge in [0.05, 0.1) is 11.9 Å². The molecule has 0 aliphatic rings. The van der Waals surface area contributed by atoms with Crippen LogP contribution in [0.4, 0.5) is 0 Å². The molecule has 3 rings (SSSR count). The van der Waals surface area contributed by atoms with Gasteiger partial charge in [-0.2, -0.15) is 5.26 Å². The van der Waals surface area contributed by atoms with Crippen molar-refractivity contribution in [2.24, 2.45) is 0 Å². The third-order valence-corrected chi connectivity index (χ3v) is 4.45. The molecule has 3 aromatic rings. The summed E-state index contributed by atoms with van der Waals surface area (Å²) < 4.78 is 1.76. The second-order valence-electron chi connectivity index (χ2n) is 4.61. The van der Waals surface area contributed by atoms with E-state index in [2.05, 4.69) is 16.0 Å². The highest BCUT2D eigenvalue weighted by Gasteiger charge is 2.12. The van der Waals surface area contributed by atoms with E-state index in [1.165, 1.54) is 11.3 Å². The molecule has 0 aliphatic heterocycles. The number of hydrogen-bond acceptors (Lipinski definition) is 4. The number of fused-ring (bicyclic) bond motifs is 1. The molecule has 1 N–H and O–H groups in total. The summed E-state index contributed by atoms with van der Waals surface area (Å²) in [6.07, 6.45) is 1.80. The zero-order valence-corrected chi connectivity index (χ0v) is 11.9. The van der Waals surface area contributed by atoms with Crippen molar-refractivity contribution in [1.82, 2.24) is 14.5 Å². The molecule has 0 bridgehead atoms. The van der Waals surface area contributed by atoms with E-state index in [-0.39, 0.29) is 5.56 Å². The molecule has 0 aliphatic carbocycles. The Labute approximate surface area is 119 Å². The van der Waals surface area contributed by atoms with E-state index in [0.29, 0.717) is 23.4 Å². The van der Waals surface area contributed by atoms with E-state index in [1.54, 1.807) is 22.9 Å². The summed E-state index contributed by atoms with van der Waals surface area (Å²) in [6.45, 7) is 4.31. The second kappa shape index (κ2) is 4.62.